The average Bonchev–Trinajstić information content (AvgIpc) is 3.75. The number of halogens is 1. The lowest BCUT2D eigenvalue weighted by Gasteiger charge is -2.20. The zero-order valence-electron chi connectivity index (χ0n) is 21.5. The Labute approximate surface area is 236 Å². The summed E-state index contributed by atoms with van der Waals surface area (Å²) >= 11 is 3.32. The third-order valence-electron chi connectivity index (χ3n) is 7.23. The van der Waals surface area contributed by atoms with Gasteiger partial charge in [-0.15, -0.1) is 0 Å². The van der Waals surface area contributed by atoms with Crippen LogP contribution in [-0.2, 0) is 16.4 Å². The molecule has 1 heterocycles. The number of hydrogen-bond acceptors (Lipinski definition) is 5. The van der Waals surface area contributed by atoms with Crippen LogP contribution in [0.4, 0.5) is 5.69 Å². The zero-order chi connectivity index (χ0) is 27.6. The van der Waals surface area contributed by atoms with Gasteiger partial charge in [0.05, 0.1) is 10.5 Å². The molecule has 4 aromatic rings. The SMILES string of the molecule is CCC(Cc1ccccc1)c1cc(O)c(C(c2cccc(NS(=O)(=O)c3ccc(Br)cc3)c2)C2CC2)c(=O)o1. The Bertz CT molecular complexity index is 1610. The lowest BCUT2D eigenvalue weighted by Crippen LogP contribution is -2.18. The van der Waals surface area contributed by atoms with E-state index in [4.69, 9.17) is 4.42 Å². The van der Waals surface area contributed by atoms with E-state index in [0.29, 0.717) is 17.9 Å². The fourth-order valence-electron chi connectivity index (χ4n) is 5.07. The lowest BCUT2D eigenvalue weighted by atomic mass is 9.86. The molecule has 8 heteroatoms. The number of anilines is 1. The molecule has 202 valence electrons. The zero-order valence-corrected chi connectivity index (χ0v) is 23.9. The Hall–Kier alpha value is -3.36. The molecule has 5 rings (SSSR count). The van der Waals surface area contributed by atoms with E-state index < -0.39 is 21.6 Å². The fraction of sp³-hybridized carbons (Fsp3) is 0.258. The Morgan fingerprint density at radius 2 is 1.72 bits per heavy atom. The van der Waals surface area contributed by atoms with Crippen LogP contribution in [-0.4, -0.2) is 13.5 Å². The maximum Gasteiger partial charge on any atom is 0.343 e. The number of rotatable bonds is 10. The van der Waals surface area contributed by atoms with Crippen molar-refractivity contribution < 1.29 is 17.9 Å². The minimum absolute atomic E-state index is 0.0456. The van der Waals surface area contributed by atoms with Crippen LogP contribution < -0.4 is 10.3 Å². The molecule has 1 aliphatic carbocycles. The van der Waals surface area contributed by atoms with Crippen molar-refractivity contribution >= 4 is 31.6 Å². The van der Waals surface area contributed by atoms with Gasteiger partial charge in [-0.05, 0) is 79.1 Å². The molecule has 2 N–H and O–H groups in total. The van der Waals surface area contributed by atoms with Crippen LogP contribution in [0.25, 0.3) is 0 Å². The summed E-state index contributed by atoms with van der Waals surface area (Å²) in [7, 11) is -3.80. The molecular weight excluding hydrogens is 578 g/mol. The van der Waals surface area contributed by atoms with Gasteiger partial charge in [0, 0.05) is 28.1 Å². The summed E-state index contributed by atoms with van der Waals surface area (Å²) < 4.78 is 35.2. The highest BCUT2D eigenvalue weighted by molar-refractivity contribution is 9.10. The summed E-state index contributed by atoms with van der Waals surface area (Å²) in [5.41, 5.74) is 1.95. The van der Waals surface area contributed by atoms with Crippen LogP contribution in [0.1, 0.15) is 60.5 Å². The van der Waals surface area contributed by atoms with Gasteiger partial charge in [-0.3, -0.25) is 4.72 Å². The largest absolute Gasteiger partial charge is 0.507 e. The van der Waals surface area contributed by atoms with E-state index >= 15 is 0 Å². The first-order valence-corrected chi connectivity index (χ1v) is 15.3. The van der Waals surface area contributed by atoms with Crippen LogP contribution >= 0.6 is 15.9 Å². The van der Waals surface area contributed by atoms with Gasteiger partial charge in [0.15, 0.2) is 0 Å². The summed E-state index contributed by atoms with van der Waals surface area (Å²) in [6.45, 7) is 2.03. The molecule has 1 saturated carbocycles. The number of hydrogen-bond donors (Lipinski definition) is 2. The molecule has 2 atom stereocenters. The smallest absolute Gasteiger partial charge is 0.343 e. The van der Waals surface area contributed by atoms with Crippen molar-refractivity contribution in [1.29, 1.82) is 0 Å². The summed E-state index contributed by atoms with van der Waals surface area (Å²) in [5, 5.41) is 11.1. The monoisotopic (exact) mass is 607 g/mol. The first-order valence-electron chi connectivity index (χ1n) is 13.0. The van der Waals surface area contributed by atoms with Crippen LogP contribution in [0.3, 0.4) is 0 Å². The van der Waals surface area contributed by atoms with Gasteiger partial charge in [0.1, 0.15) is 11.5 Å². The molecule has 0 saturated heterocycles. The van der Waals surface area contributed by atoms with E-state index in [-0.39, 0.29) is 28.0 Å². The van der Waals surface area contributed by atoms with E-state index in [2.05, 4.69) is 20.7 Å². The first kappa shape index (κ1) is 27.2. The quantitative estimate of drug-likeness (QED) is 0.199. The van der Waals surface area contributed by atoms with Gasteiger partial charge in [-0.25, -0.2) is 13.2 Å². The van der Waals surface area contributed by atoms with Gasteiger partial charge in [0.2, 0.25) is 0 Å². The van der Waals surface area contributed by atoms with Crippen LogP contribution in [0.2, 0.25) is 0 Å². The van der Waals surface area contributed by atoms with Crippen molar-refractivity contribution in [2.45, 2.75) is 49.3 Å². The van der Waals surface area contributed by atoms with Gasteiger partial charge in [-0.1, -0.05) is 65.3 Å². The topological polar surface area (TPSA) is 96.6 Å². The lowest BCUT2D eigenvalue weighted by molar-refractivity contribution is 0.379. The molecule has 0 radical (unpaired) electrons. The molecule has 6 nitrogen and oxygen atoms in total. The fourth-order valence-corrected chi connectivity index (χ4v) is 6.38. The maximum atomic E-state index is 13.4. The Balaban J connectivity index is 1.45. The van der Waals surface area contributed by atoms with E-state index in [0.717, 1.165) is 34.9 Å². The summed E-state index contributed by atoms with van der Waals surface area (Å²) in [6.07, 6.45) is 3.27. The molecule has 1 aliphatic rings. The number of aromatic hydroxyl groups is 1. The number of benzene rings is 3. The van der Waals surface area contributed by atoms with Gasteiger partial charge >= 0.3 is 5.63 Å². The van der Waals surface area contributed by atoms with E-state index in [9.17, 15) is 18.3 Å². The second-order valence-electron chi connectivity index (χ2n) is 10.0. The normalized spacial score (nSPS) is 15.0. The Morgan fingerprint density at radius 3 is 2.36 bits per heavy atom. The molecule has 0 bridgehead atoms. The molecule has 2 unspecified atom stereocenters. The van der Waals surface area contributed by atoms with Crippen molar-refractivity contribution in [3.63, 3.8) is 0 Å². The molecule has 0 aliphatic heterocycles. The van der Waals surface area contributed by atoms with E-state index in [1.54, 1.807) is 36.4 Å². The summed E-state index contributed by atoms with van der Waals surface area (Å²) in [4.78, 5) is 13.5. The van der Waals surface area contributed by atoms with Gasteiger partial charge < -0.3 is 9.52 Å². The van der Waals surface area contributed by atoms with E-state index in [1.165, 1.54) is 12.1 Å². The van der Waals surface area contributed by atoms with Crippen molar-refractivity contribution in [2.75, 3.05) is 4.72 Å². The van der Waals surface area contributed by atoms with Crippen LogP contribution in [0, 0.1) is 5.92 Å². The molecular formula is C31H30BrNO5S. The third-order valence-corrected chi connectivity index (χ3v) is 9.16. The Morgan fingerprint density at radius 1 is 1.00 bits per heavy atom. The molecule has 39 heavy (non-hydrogen) atoms. The molecule has 1 aromatic heterocycles. The van der Waals surface area contributed by atoms with Crippen LogP contribution in [0.15, 0.2) is 104 Å². The minimum atomic E-state index is -3.80. The highest BCUT2D eigenvalue weighted by Gasteiger charge is 2.38. The van der Waals surface area contributed by atoms with E-state index in [1.807, 2.05) is 43.3 Å². The highest BCUT2D eigenvalue weighted by Crippen LogP contribution is 2.48. The number of nitrogens with one attached hydrogen (secondary N) is 1. The molecule has 0 spiro atoms. The van der Waals surface area contributed by atoms with Gasteiger partial charge in [0.25, 0.3) is 10.0 Å². The second-order valence-corrected chi connectivity index (χ2v) is 12.6. The van der Waals surface area contributed by atoms with Crippen molar-refractivity contribution in [3.8, 4) is 5.75 Å². The third kappa shape index (κ3) is 6.28. The summed E-state index contributed by atoms with van der Waals surface area (Å²) in [6, 6.07) is 25.0. The van der Waals surface area contributed by atoms with Crippen molar-refractivity contribution in [1.82, 2.24) is 0 Å². The Kier molecular flexibility index (Phi) is 7.96. The number of sulfonamides is 1. The van der Waals surface area contributed by atoms with Crippen LogP contribution in [0.5, 0.6) is 5.75 Å². The molecule has 3 aromatic carbocycles. The molecule has 0 amide bonds. The minimum Gasteiger partial charge on any atom is -0.507 e. The summed E-state index contributed by atoms with van der Waals surface area (Å²) in [5.74, 6) is 0.107. The predicted molar refractivity (Wildman–Crippen MR) is 156 cm³/mol. The predicted octanol–water partition coefficient (Wildman–Crippen LogP) is 7.19. The standard InChI is InChI=1S/C31H30BrNO5S/c1-2-21(17-20-7-4-3-5-8-20)28-19-27(34)30(31(35)38-28)29(22-11-12-22)23-9-6-10-25(18-23)33-39(36,37)26-15-13-24(32)14-16-26/h3-10,13-16,18-19,21-22,29,33-34H,2,11-12,17H2,1H3. The van der Waals surface area contributed by atoms with Crippen molar-refractivity contribution in [2.24, 2.45) is 5.92 Å². The average molecular weight is 609 g/mol. The first-order chi connectivity index (χ1) is 18.7. The molecule has 1 fully saturated rings. The maximum absolute atomic E-state index is 13.4. The van der Waals surface area contributed by atoms with Crippen molar-refractivity contribution in [3.05, 3.63) is 122 Å². The highest BCUT2D eigenvalue weighted by atomic mass is 79.9. The second kappa shape index (κ2) is 11.4. The van der Waals surface area contributed by atoms with Gasteiger partial charge in [-0.2, -0.15) is 0 Å².